The summed E-state index contributed by atoms with van der Waals surface area (Å²) < 4.78 is 8.39. The van der Waals surface area contributed by atoms with Crippen LogP contribution in [-0.4, -0.2) is 16.2 Å². The van der Waals surface area contributed by atoms with Crippen molar-refractivity contribution in [1.82, 2.24) is 9.55 Å². The molecule has 152 valence electrons. The Morgan fingerprint density at radius 3 is 2.53 bits per heavy atom. The van der Waals surface area contributed by atoms with E-state index >= 15 is 0 Å². The number of unbranched alkanes of at least 4 members (excludes halogenated alkanes) is 1. The van der Waals surface area contributed by atoms with Gasteiger partial charge in [0.05, 0.1) is 17.6 Å². The molecule has 0 unspecified atom stereocenters. The number of hydrogen-bond acceptors (Lipinski definition) is 2. The van der Waals surface area contributed by atoms with Crippen LogP contribution in [0.4, 0.5) is 0 Å². The van der Waals surface area contributed by atoms with Crippen molar-refractivity contribution in [1.29, 1.82) is 0 Å². The van der Waals surface area contributed by atoms with E-state index in [4.69, 9.17) is 9.72 Å². The van der Waals surface area contributed by atoms with Crippen LogP contribution in [0.25, 0.3) is 22.4 Å². The van der Waals surface area contributed by atoms with Crippen molar-refractivity contribution in [3.63, 3.8) is 0 Å². The van der Waals surface area contributed by atoms with E-state index in [1.54, 1.807) is 0 Å². The third-order valence-corrected chi connectivity index (χ3v) is 5.33. The molecule has 1 heterocycles. The monoisotopic (exact) mass is 396 g/mol. The summed E-state index contributed by atoms with van der Waals surface area (Å²) in [5, 5.41) is 0. The number of fused-ring (bicyclic) bond motifs is 1. The molecule has 0 amide bonds. The van der Waals surface area contributed by atoms with E-state index in [0.717, 1.165) is 48.5 Å². The second-order valence-electron chi connectivity index (χ2n) is 7.60. The van der Waals surface area contributed by atoms with E-state index in [1.807, 2.05) is 30.3 Å². The lowest BCUT2D eigenvalue weighted by Gasteiger charge is -2.12. The van der Waals surface area contributed by atoms with E-state index in [0.29, 0.717) is 6.61 Å². The normalized spacial score (nSPS) is 11.0. The molecule has 0 bridgehead atoms. The Morgan fingerprint density at radius 2 is 1.70 bits per heavy atom. The first kappa shape index (κ1) is 20.0. The van der Waals surface area contributed by atoms with Crippen molar-refractivity contribution >= 4 is 11.0 Å². The molecule has 0 fully saturated rings. The third kappa shape index (κ3) is 4.46. The van der Waals surface area contributed by atoms with E-state index in [-0.39, 0.29) is 0 Å². The first-order valence-corrected chi connectivity index (χ1v) is 10.6. The van der Waals surface area contributed by atoms with Gasteiger partial charge in [-0.25, -0.2) is 4.98 Å². The summed E-state index contributed by atoms with van der Waals surface area (Å²) in [5.74, 6) is 2.00. The van der Waals surface area contributed by atoms with Crippen molar-refractivity contribution < 1.29 is 4.74 Å². The zero-order chi connectivity index (χ0) is 20.8. The minimum absolute atomic E-state index is 0.709. The lowest BCUT2D eigenvalue weighted by Crippen LogP contribution is -2.05. The van der Waals surface area contributed by atoms with Gasteiger partial charge in [0.2, 0.25) is 0 Å². The largest absolute Gasteiger partial charge is 0.493 e. The molecule has 3 aromatic carbocycles. The minimum atomic E-state index is 0.709. The van der Waals surface area contributed by atoms with Crippen LogP contribution in [0.1, 0.15) is 24.0 Å². The Balaban J connectivity index is 1.44. The molecule has 3 nitrogen and oxygen atoms in total. The topological polar surface area (TPSA) is 27.1 Å². The van der Waals surface area contributed by atoms with Crippen LogP contribution in [0.5, 0.6) is 5.75 Å². The van der Waals surface area contributed by atoms with Crippen molar-refractivity contribution in [3.8, 4) is 17.1 Å². The minimum Gasteiger partial charge on any atom is -0.493 e. The lowest BCUT2D eigenvalue weighted by atomic mass is 10.1. The van der Waals surface area contributed by atoms with Gasteiger partial charge in [-0.05, 0) is 49.9 Å². The number of rotatable bonds is 9. The van der Waals surface area contributed by atoms with Crippen molar-refractivity contribution in [2.75, 3.05) is 6.61 Å². The Bertz CT molecular complexity index is 1130. The highest BCUT2D eigenvalue weighted by Crippen LogP contribution is 2.26. The Hall–Kier alpha value is -3.33. The highest BCUT2D eigenvalue weighted by molar-refractivity contribution is 5.80. The van der Waals surface area contributed by atoms with Crippen molar-refractivity contribution in [3.05, 3.63) is 96.6 Å². The predicted octanol–water partition coefficient (Wildman–Crippen LogP) is 6.60. The van der Waals surface area contributed by atoms with Gasteiger partial charge in [-0.15, -0.1) is 6.58 Å². The summed E-state index contributed by atoms with van der Waals surface area (Å²) in [4.78, 5) is 4.91. The average Bonchev–Trinajstić information content (AvgIpc) is 3.14. The maximum Gasteiger partial charge on any atom is 0.141 e. The first-order valence-electron chi connectivity index (χ1n) is 10.6. The lowest BCUT2D eigenvalue weighted by molar-refractivity contribution is 0.301. The molecule has 1 aromatic heterocycles. The fourth-order valence-electron chi connectivity index (χ4n) is 3.75. The van der Waals surface area contributed by atoms with Crippen molar-refractivity contribution in [2.24, 2.45) is 0 Å². The quantitative estimate of drug-likeness (QED) is 0.235. The molecule has 3 heteroatoms. The Labute approximate surface area is 178 Å². The van der Waals surface area contributed by atoms with Gasteiger partial charge in [0.25, 0.3) is 0 Å². The number of para-hydroxylation sites is 3. The van der Waals surface area contributed by atoms with Crippen LogP contribution in [0.3, 0.4) is 0 Å². The molecule has 0 aliphatic heterocycles. The zero-order valence-corrected chi connectivity index (χ0v) is 17.6. The first-order chi connectivity index (χ1) is 14.8. The summed E-state index contributed by atoms with van der Waals surface area (Å²) in [5.41, 5.74) is 5.84. The van der Waals surface area contributed by atoms with Crippen LogP contribution in [0, 0.1) is 6.92 Å². The highest BCUT2D eigenvalue weighted by atomic mass is 16.5. The van der Waals surface area contributed by atoms with Gasteiger partial charge in [-0.3, -0.25) is 0 Å². The van der Waals surface area contributed by atoms with Gasteiger partial charge in [0, 0.05) is 12.1 Å². The molecule has 0 aliphatic rings. The second kappa shape index (κ2) is 9.45. The summed E-state index contributed by atoms with van der Waals surface area (Å²) >= 11 is 0. The molecule has 0 saturated heterocycles. The zero-order valence-electron chi connectivity index (χ0n) is 17.6. The van der Waals surface area contributed by atoms with Crippen LogP contribution < -0.4 is 4.74 Å². The standard InChI is InChI=1S/C27H28N2O/c1-3-10-22-11-4-7-14-26(22)30-20-9-8-19-29-25-13-6-5-12-24(25)28-27(29)23-17-15-21(2)16-18-23/h3-7,11-18H,1,8-10,19-20H2,2H3. The number of nitrogens with zero attached hydrogens (tertiary/aromatic N) is 2. The van der Waals surface area contributed by atoms with Gasteiger partial charge >= 0.3 is 0 Å². The van der Waals surface area contributed by atoms with E-state index in [9.17, 15) is 0 Å². The number of hydrogen-bond donors (Lipinski definition) is 0. The number of allylic oxidation sites excluding steroid dienone is 1. The highest BCUT2D eigenvalue weighted by Gasteiger charge is 2.12. The van der Waals surface area contributed by atoms with E-state index < -0.39 is 0 Å². The number of aryl methyl sites for hydroxylation is 2. The van der Waals surface area contributed by atoms with Crippen LogP contribution in [-0.2, 0) is 13.0 Å². The molecule has 0 spiro atoms. The van der Waals surface area contributed by atoms with Gasteiger partial charge in [0.15, 0.2) is 0 Å². The molecule has 4 rings (SSSR count). The van der Waals surface area contributed by atoms with Gasteiger partial charge in [0.1, 0.15) is 11.6 Å². The summed E-state index contributed by atoms with van der Waals surface area (Å²) in [6.45, 7) is 7.57. The molecule has 0 saturated carbocycles. The fourth-order valence-corrected chi connectivity index (χ4v) is 3.75. The van der Waals surface area contributed by atoms with Gasteiger partial charge in [-0.1, -0.05) is 66.2 Å². The van der Waals surface area contributed by atoms with Crippen LogP contribution in [0.15, 0.2) is 85.5 Å². The van der Waals surface area contributed by atoms with Gasteiger partial charge in [-0.2, -0.15) is 0 Å². The summed E-state index contributed by atoms with van der Waals surface area (Å²) in [6, 6.07) is 25.2. The van der Waals surface area contributed by atoms with Gasteiger partial charge < -0.3 is 9.30 Å². The molecule has 0 aliphatic carbocycles. The SMILES string of the molecule is C=CCc1ccccc1OCCCCn1c(-c2ccc(C)cc2)nc2ccccc21. The number of imidazole rings is 1. The Morgan fingerprint density at radius 1 is 0.933 bits per heavy atom. The third-order valence-electron chi connectivity index (χ3n) is 5.33. The molecule has 0 radical (unpaired) electrons. The molecule has 0 atom stereocenters. The maximum atomic E-state index is 6.05. The van der Waals surface area contributed by atoms with E-state index in [1.165, 1.54) is 16.6 Å². The number of aromatic nitrogens is 2. The summed E-state index contributed by atoms with van der Waals surface area (Å²) in [6.07, 6.45) is 4.77. The molecule has 4 aromatic rings. The Kier molecular flexibility index (Phi) is 6.29. The number of benzene rings is 3. The molecular formula is C27H28N2O. The smallest absolute Gasteiger partial charge is 0.141 e. The molecule has 0 N–H and O–H groups in total. The summed E-state index contributed by atoms with van der Waals surface area (Å²) in [7, 11) is 0. The molecular weight excluding hydrogens is 368 g/mol. The predicted molar refractivity (Wildman–Crippen MR) is 125 cm³/mol. The van der Waals surface area contributed by atoms with E-state index in [2.05, 4.69) is 66.6 Å². The second-order valence-corrected chi connectivity index (χ2v) is 7.60. The van der Waals surface area contributed by atoms with Crippen LogP contribution >= 0.6 is 0 Å². The van der Waals surface area contributed by atoms with Crippen LogP contribution in [0.2, 0.25) is 0 Å². The maximum absolute atomic E-state index is 6.05. The average molecular weight is 397 g/mol. The van der Waals surface area contributed by atoms with Crippen molar-refractivity contribution in [2.45, 2.75) is 32.7 Å². The fraction of sp³-hybridized carbons (Fsp3) is 0.222. The molecule has 30 heavy (non-hydrogen) atoms. The number of ether oxygens (including phenoxy) is 1.